The van der Waals surface area contributed by atoms with Gasteiger partial charge in [-0.05, 0) is 26.7 Å². The van der Waals surface area contributed by atoms with E-state index < -0.39 is 0 Å². The lowest BCUT2D eigenvalue weighted by molar-refractivity contribution is 0.108. The van der Waals surface area contributed by atoms with Gasteiger partial charge in [0.1, 0.15) is 0 Å². The van der Waals surface area contributed by atoms with Crippen molar-refractivity contribution >= 4 is 5.96 Å². The average Bonchev–Trinajstić information content (AvgIpc) is 2.04. The Bertz CT molecular complexity index is 183. The van der Waals surface area contributed by atoms with Gasteiger partial charge in [-0.1, -0.05) is 0 Å². The summed E-state index contributed by atoms with van der Waals surface area (Å²) in [6.07, 6.45) is 1.45. The van der Waals surface area contributed by atoms with Crippen molar-refractivity contribution in [2.45, 2.75) is 38.8 Å². The van der Waals surface area contributed by atoms with Gasteiger partial charge in [0.15, 0.2) is 5.96 Å². The van der Waals surface area contributed by atoms with Gasteiger partial charge in [-0.3, -0.25) is 4.99 Å². The molecule has 0 saturated carbocycles. The first-order valence-electron chi connectivity index (χ1n) is 4.86. The lowest BCUT2D eigenvalue weighted by atomic mass is 10.1. The molecular weight excluding hydrogens is 166 g/mol. The zero-order valence-electron chi connectivity index (χ0n) is 8.40. The number of aliphatic hydroxyl groups is 1. The molecule has 0 unspecified atom stereocenters. The van der Waals surface area contributed by atoms with Crippen LogP contribution in [0.25, 0.3) is 0 Å². The molecule has 3 N–H and O–H groups in total. The molecule has 1 aliphatic heterocycles. The molecule has 13 heavy (non-hydrogen) atoms. The highest BCUT2D eigenvalue weighted by molar-refractivity contribution is 5.78. The van der Waals surface area contributed by atoms with Crippen molar-refractivity contribution < 1.29 is 5.11 Å². The third-order valence-electron chi connectivity index (χ3n) is 2.18. The molecule has 76 valence electrons. The molecule has 0 aliphatic carbocycles. The average molecular weight is 185 g/mol. The van der Waals surface area contributed by atoms with E-state index in [0.717, 1.165) is 25.9 Å². The number of likely N-dealkylation sites (tertiary alicyclic amines) is 1. The van der Waals surface area contributed by atoms with Crippen molar-refractivity contribution in [3.63, 3.8) is 0 Å². The molecule has 1 aliphatic rings. The van der Waals surface area contributed by atoms with Gasteiger partial charge >= 0.3 is 0 Å². The van der Waals surface area contributed by atoms with Gasteiger partial charge in [0, 0.05) is 19.1 Å². The van der Waals surface area contributed by atoms with Gasteiger partial charge in [0.2, 0.25) is 0 Å². The first-order chi connectivity index (χ1) is 6.09. The Labute approximate surface area is 79.4 Å². The minimum Gasteiger partial charge on any atom is -0.393 e. The molecule has 0 spiro atoms. The number of rotatable bonds is 1. The van der Waals surface area contributed by atoms with Gasteiger partial charge in [0.05, 0.1) is 6.10 Å². The van der Waals surface area contributed by atoms with Crippen LogP contribution >= 0.6 is 0 Å². The standard InChI is InChI=1S/C9H19N3O/c1-7(2)11-9(10)12-5-3-8(13)4-6-12/h7-8,13H,3-6H2,1-2H3,(H2,10,11). The van der Waals surface area contributed by atoms with Crippen LogP contribution in [0.2, 0.25) is 0 Å². The third-order valence-corrected chi connectivity index (χ3v) is 2.18. The minimum absolute atomic E-state index is 0.150. The second-order valence-electron chi connectivity index (χ2n) is 3.80. The van der Waals surface area contributed by atoms with Crippen molar-refractivity contribution in [2.75, 3.05) is 13.1 Å². The van der Waals surface area contributed by atoms with E-state index in [1.54, 1.807) is 0 Å². The molecule has 0 bridgehead atoms. The molecule has 0 aromatic rings. The Morgan fingerprint density at radius 2 is 2.00 bits per heavy atom. The van der Waals surface area contributed by atoms with Crippen LogP contribution in [0.4, 0.5) is 0 Å². The van der Waals surface area contributed by atoms with Crippen molar-refractivity contribution in [3.8, 4) is 0 Å². The molecule has 0 aromatic heterocycles. The lowest BCUT2D eigenvalue weighted by Crippen LogP contribution is -2.44. The molecule has 4 heteroatoms. The van der Waals surface area contributed by atoms with Crippen LogP contribution in [0, 0.1) is 0 Å². The topological polar surface area (TPSA) is 61.8 Å². The van der Waals surface area contributed by atoms with Crippen molar-refractivity contribution in [3.05, 3.63) is 0 Å². The number of nitrogens with zero attached hydrogens (tertiary/aromatic N) is 2. The number of nitrogens with two attached hydrogens (primary N) is 1. The van der Waals surface area contributed by atoms with E-state index in [0.29, 0.717) is 5.96 Å². The summed E-state index contributed by atoms with van der Waals surface area (Å²) in [4.78, 5) is 6.30. The maximum Gasteiger partial charge on any atom is 0.191 e. The molecule has 1 heterocycles. The van der Waals surface area contributed by atoms with E-state index in [1.165, 1.54) is 0 Å². The van der Waals surface area contributed by atoms with E-state index in [9.17, 15) is 5.11 Å². The van der Waals surface area contributed by atoms with Crippen LogP contribution < -0.4 is 5.73 Å². The number of hydrogen-bond donors (Lipinski definition) is 2. The summed E-state index contributed by atoms with van der Waals surface area (Å²) in [7, 11) is 0. The smallest absolute Gasteiger partial charge is 0.191 e. The Kier molecular flexibility index (Phi) is 3.54. The Hall–Kier alpha value is -0.770. The fraction of sp³-hybridized carbons (Fsp3) is 0.889. The normalized spacial score (nSPS) is 21.2. The maximum atomic E-state index is 9.28. The van der Waals surface area contributed by atoms with E-state index in [1.807, 2.05) is 18.7 Å². The SMILES string of the molecule is CC(C)N=C(N)N1CCC(O)CC1. The summed E-state index contributed by atoms with van der Waals surface area (Å²) in [5.74, 6) is 0.613. The van der Waals surface area contributed by atoms with Gasteiger partial charge in [-0.2, -0.15) is 0 Å². The second-order valence-corrected chi connectivity index (χ2v) is 3.80. The molecule has 1 rings (SSSR count). The summed E-state index contributed by atoms with van der Waals surface area (Å²) in [5, 5.41) is 9.28. The van der Waals surface area contributed by atoms with Gasteiger partial charge in [-0.25, -0.2) is 0 Å². The predicted molar refractivity (Wildman–Crippen MR) is 53.6 cm³/mol. The zero-order chi connectivity index (χ0) is 9.84. The third kappa shape index (κ3) is 3.22. The molecule has 1 fully saturated rings. The van der Waals surface area contributed by atoms with Crippen LogP contribution in [0.5, 0.6) is 0 Å². The summed E-state index contributed by atoms with van der Waals surface area (Å²) in [6, 6.07) is 0.242. The van der Waals surface area contributed by atoms with Crippen LogP contribution in [0.15, 0.2) is 4.99 Å². The molecule has 4 nitrogen and oxygen atoms in total. The van der Waals surface area contributed by atoms with Gasteiger partial charge < -0.3 is 15.7 Å². The molecule has 0 atom stereocenters. The lowest BCUT2D eigenvalue weighted by Gasteiger charge is -2.30. The Morgan fingerprint density at radius 1 is 1.46 bits per heavy atom. The van der Waals surface area contributed by atoms with Gasteiger partial charge in [0.25, 0.3) is 0 Å². The van der Waals surface area contributed by atoms with Crippen molar-refractivity contribution in [1.29, 1.82) is 0 Å². The van der Waals surface area contributed by atoms with Crippen molar-refractivity contribution in [1.82, 2.24) is 4.90 Å². The van der Waals surface area contributed by atoms with Crippen LogP contribution in [0.3, 0.4) is 0 Å². The van der Waals surface area contributed by atoms with Crippen LogP contribution in [-0.4, -0.2) is 41.2 Å². The van der Waals surface area contributed by atoms with E-state index in [-0.39, 0.29) is 12.1 Å². The number of guanidine groups is 1. The van der Waals surface area contributed by atoms with E-state index in [4.69, 9.17) is 5.73 Å². The summed E-state index contributed by atoms with van der Waals surface area (Å²) in [5.41, 5.74) is 5.79. The monoisotopic (exact) mass is 185 g/mol. The molecule has 0 radical (unpaired) electrons. The van der Waals surface area contributed by atoms with Crippen molar-refractivity contribution in [2.24, 2.45) is 10.7 Å². The summed E-state index contributed by atoms with van der Waals surface area (Å²) < 4.78 is 0. The predicted octanol–water partition coefficient (Wildman–Crippen LogP) is 0.166. The van der Waals surface area contributed by atoms with Crippen LogP contribution in [-0.2, 0) is 0 Å². The molecule has 0 aromatic carbocycles. The second kappa shape index (κ2) is 4.46. The first kappa shape index (κ1) is 10.3. The molecule has 0 amide bonds. The highest BCUT2D eigenvalue weighted by atomic mass is 16.3. The number of aliphatic imine (C=N–C) groups is 1. The number of hydrogen-bond acceptors (Lipinski definition) is 2. The number of aliphatic hydroxyl groups excluding tert-OH is 1. The number of piperidine rings is 1. The summed E-state index contributed by atoms with van der Waals surface area (Å²) in [6.45, 7) is 5.66. The Morgan fingerprint density at radius 3 is 2.46 bits per heavy atom. The van der Waals surface area contributed by atoms with Gasteiger partial charge in [-0.15, -0.1) is 0 Å². The highest BCUT2D eigenvalue weighted by Gasteiger charge is 2.18. The fourth-order valence-electron chi connectivity index (χ4n) is 1.44. The van der Waals surface area contributed by atoms with Crippen LogP contribution in [0.1, 0.15) is 26.7 Å². The molecular formula is C9H19N3O. The largest absolute Gasteiger partial charge is 0.393 e. The maximum absolute atomic E-state index is 9.28. The Balaban J connectivity index is 2.44. The fourth-order valence-corrected chi connectivity index (χ4v) is 1.44. The molecule has 1 saturated heterocycles. The van der Waals surface area contributed by atoms with E-state index >= 15 is 0 Å². The zero-order valence-corrected chi connectivity index (χ0v) is 8.40. The minimum atomic E-state index is -0.150. The first-order valence-corrected chi connectivity index (χ1v) is 4.86. The highest BCUT2D eigenvalue weighted by Crippen LogP contribution is 2.09. The van der Waals surface area contributed by atoms with E-state index in [2.05, 4.69) is 4.99 Å². The summed E-state index contributed by atoms with van der Waals surface area (Å²) >= 11 is 0. The quantitative estimate of drug-likeness (QED) is 0.452.